The summed E-state index contributed by atoms with van der Waals surface area (Å²) < 4.78 is 13.8. The molecule has 7 heteroatoms. The second kappa shape index (κ2) is 8.23. The molecule has 0 spiro atoms. The van der Waals surface area contributed by atoms with Crippen molar-refractivity contribution >= 4 is 40.4 Å². The van der Waals surface area contributed by atoms with Crippen molar-refractivity contribution < 1.29 is 18.8 Å². The summed E-state index contributed by atoms with van der Waals surface area (Å²) in [4.78, 5) is 38.6. The van der Waals surface area contributed by atoms with Crippen LogP contribution in [0.1, 0.15) is 12.5 Å². The minimum absolute atomic E-state index is 0.0905. The van der Waals surface area contributed by atoms with E-state index in [4.69, 9.17) is 0 Å². The highest BCUT2D eigenvalue weighted by atomic mass is 19.1. The van der Waals surface area contributed by atoms with Crippen LogP contribution in [-0.4, -0.2) is 17.7 Å². The standard InChI is InChI=1S/C24H18FN3O3/c1-15(29)26-18-10-12-19(13-11-18)27-22-21(16-6-3-2-4-7-16)23(30)28(24(22)31)20-9-5-8-17(25)14-20/h2-14,27H,1H3,(H,26,29). The third kappa shape index (κ3) is 4.06. The number of carbonyl (C=O) groups excluding carboxylic acids is 3. The van der Waals surface area contributed by atoms with Crippen molar-refractivity contribution in [3.05, 3.63) is 95.9 Å². The van der Waals surface area contributed by atoms with Crippen LogP contribution >= 0.6 is 0 Å². The Bertz CT molecular complexity index is 1200. The molecule has 154 valence electrons. The van der Waals surface area contributed by atoms with E-state index in [0.29, 0.717) is 16.9 Å². The third-order valence-electron chi connectivity index (χ3n) is 4.69. The number of nitrogens with one attached hydrogen (secondary N) is 2. The molecule has 0 saturated carbocycles. The molecule has 0 fully saturated rings. The first kappa shape index (κ1) is 20.0. The quantitative estimate of drug-likeness (QED) is 0.613. The van der Waals surface area contributed by atoms with Gasteiger partial charge < -0.3 is 10.6 Å². The maximum Gasteiger partial charge on any atom is 0.282 e. The number of benzene rings is 3. The molecule has 1 aliphatic rings. The van der Waals surface area contributed by atoms with Gasteiger partial charge in [-0.2, -0.15) is 0 Å². The summed E-state index contributed by atoms with van der Waals surface area (Å²) in [5.41, 5.74) is 2.16. The van der Waals surface area contributed by atoms with Crippen LogP contribution in [0.3, 0.4) is 0 Å². The van der Waals surface area contributed by atoms with Crippen LogP contribution in [-0.2, 0) is 14.4 Å². The van der Waals surface area contributed by atoms with Gasteiger partial charge in [-0.3, -0.25) is 14.4 Å². The zero-order valence-corrected chi connectivity index (χ0v) is 16.6. The molecule has 0 radical (unpaired) electrons. The minimum Gasteiger partial charge on any atom is -0.350 e. The molecule has 0 aromatic heterocycles. The summed E-state index contributed by atoms with van der Waals surface area (Å²) in [5.74, 6) is -1.87. The van der Waals surface area contributed by atoms with Gasteiger partial charge in [-0.25, -0.2) is 9.29 Å². The number of nitrogens with zero attached hydrogens (tertiary/aromatic N) is 1. The van der Waals surface area contributed by atoms with E-state index < -0.39 is 17.6 Å². The van der Waals surface area contributed by atoms with Crippen molar-refractivity contribution in [2.24, 2.45) is 0 Å². The molecule has 2 N–H and O–H groups in total. The lowest BCUT2D eigenvalue weighted by Gasteiger charge is -2.15. The van der Waals surface area contributed by atoms with Crippen molar-refractivity contribution in [3.8, 4) is 0 Å². The van der Waals surface area contributed by atoms with Crippen LogP contribution in [0.15, 0.2) is 84.6 Å². The zero-order chi connectivity index (χ0) is 22.0. The number of hydrogen-bond donors (Lipinski definition) is 2. The van der Waals surface area contributed by atoms with E-state index in [1.165, 1.54) is 25.1 Å². The van der Waals surface area contributed by atoms with Crippen molar-refractivity contribution in [3.63, 3.8) is 0 Å². The molecule has 3 aromatic rings. The van der Waals surface area contributed by atoms with Gasteiger partial charge in [0.2, 0.25) is 5.91 Å². The van der Waals surface area contributed by atoms with E-state index in [0.717, 1.165) is 11.0 Å². The Hall–Kier alpha value is -4.26. The Morgan fingerprint density at radius 3 is 2.16 bits per heavy atom. The first-order chi connectivity index (χ1) is 14.9. The molecule has 0 saturated heterocycles. The number of halogens is 1. The SMILES string of the molecule is CC(=O)Nc1ccc(NC2=C(c3ccccc3)C(=O)N(c3cccc(F)c3)C2=O)cc1. The molecule has 0 bridgehead atoms. The van der Waals surface area contributed by atoms with Gasteiger partial charge in [0.1, 0.15) is 11.5 Å². The molecule has 3 aromatic carbocycles. The summed E-state index contributed by atoms with van der Waals surface area (Å²) in [5, 5.41) is 5.69. The second-order valence-corrected chi connectivity index (χ2v) is 6.93. The van der Waals surface area contributed by atoms with E-state index in [9.17, 15) is 18.8 Å². The van der Waals surface area contributed by atoms with Gasteiger partial charge in [0.15, 0.2) is 0 Å². The molecule has 1 aliphatic heterocycles. The summed E-state index contributed by atoms with van der Waals surface area (Å²) in [6.07, 6.45) is 0. The first-order valence-electron chi connectivity index (χ1n) is 9.53. The predicted octanol–water partition coefficient (Wildman–Crippen LogP) is 4.18. The minimum atomic E-state index is -0.583. The summed E-state index contributed by atoms with van der Waals surface area (Å²) >= 11 is 0. The number of hydrogen-bond acceptors (Lipinski definition) is 4. The first-order valence-corrected chi connectivity index (χ1v) is 9.53. The average Bonchev–Trinajstić information content (AvgIpc) is 2.99. The maximum absolute atomic E-state index is 13.8. The Morgan fingerprint density at radius 1 is 0.839 bits per heavy atom. The van der Waals surface area contributed by atoms with E-state index in [2.05, 4.69) is 10.6 Å². The van der Waals surface area contributed by atoms with E-state index >= 15 is 0 Å². The Morgan fingerprint density at radius 2 is 1.52 bits per heavy atom. The van der Waals surface area contributed by atoms with Gasteiger partial charge in [-0.05, 0) is 48.0 Å². The van der Waals surface area contributed by atoms with Crippen molar-refractivity contribution in [1.82, 2.24) is 0 Å². The van der Waals surface area contributed by atoms with Crippen LogP contribution in [0, 0.1) is 5.82 Å². The molecular weight excluding hydrogens is 397 g/mol. The Balaban J connectivity index is 1.74. The summed E-state index contributed by atoms with van der Waals surface area (Å²) in [7, 11) is 0. The highest BCUT2D eigenvalue weighted by Crippen LogP contribution is 2.34. The smallest absolute Gasteiger partial charge is 0.282 e. The lowest BCUT2D eigenvalue weighted by molar-refractivity contribution is -0.120. The van der Waals surface area contributed by atoms with Crippen LogP contribution in [0.25, 0.3) is 5.57 Å². The van der Waals surface area contributed by atoms with Crippen molar-refractivity contribution in [2.75, 3.05) is 15.5 Å². The fraction of sp³-hybridized carbons (Fsp3) is 0.0417. The van der Waals surface area contributed by atoms with E-state index in [1.54, 1.807) is 48.5 Å². The fourth-order valence-electron chi connectivity index (χ4n) is 3.35. The van der Waals surface area contributed by atoms with E-state index in [1.807, 2.05) is 6.07 Å². The average molecular weight is 415 g/mol. The molecule has 4 rings (SSSR count). The van der Waals surface area contributed by atoms with Gasteiger partial charge >= 0.3 is 0 Å². The number of rotatable bonds is 5. The Labute approximate surface area is 178 Å². The van der Waals surface area contributed by atoms with Gasteiger partial charge in [0.25, 0.3) is 11.8 Å². The number of imide groups is 1. The molecule has 3 amide bonds. The lowest BCUT2D eigenvalue weighted by Crippen LogP contribution is -2.32. The van der Waals surface area contributed by atoms with Crippen molar-refractivity contribution in [1.29, 1.82) is 0 Å². The van der Waals surface area contributed by atoms with Crippen LogP contribution in [0.2, 0.25) is 0 Å². The lowest BCUT2D eigenvalue weighted by atomic mass is 10.0. The van der Waals surface area contributed by atoms with Crippen LogP contribution < -0.4 is 15.5 Å². The molecular formula is C24H18FN3O3. The molecule has 0 unspecified atom stereocenters. The number of carbonyl (C=O) groups is 3. The van der Waals surface area contributed by atoms with Gasteiger partial charge in [0, 0.05) is 18.3 Å². The summed E-state index contributed by atoms with van der Waals surface area (Å²) in [6, 6.07) is 20.9. The van der Waals surface area contributed by atoms with Gasteiger partial charge in [-0.15, -0.1) is 0 Å². The number of anilines is 3. The summed E-state index contributed by atoms with van der Waals surface area (Å²) in [6.45, 7) is 1.41. The van der Waals surface area contributed by atoms with Crippen molar-refractivity contribution in [2.45, 2.75) is 6.92 Å². The van der Waals surface area contributed by atoms with E-state index in [-0.39, 0.29) is 22.9 Å². The van der Waals surface area contributed by atoms with Gasteiger partial charge in [-0.1, -0.05) is 36.4 Å². The van der Waals surface area contributed by atoms with Crippen LogP contribution in [0.5, 0.6) is 0 Å². The fourth-order valence-corrected chi connectivity index (χ4v) is 3.35. The predicted molar refractivity (Wildman–Crippen MR) is 117 cm³/mol. The molecule has 0 atom stereocenters. The molecule has 6 nitrogen and oxygen atoms in total. The highest BCUT2D eigenvalue weighted by molar-refractivity contribution is 6.46. The number of amides is 3. The Kier molecular flexibility index (Phi) is 5.32. The monoisotopic (exact) mass is 415 g/mol. The van der Waals surface area contributed by atoms with Gasteiger partial charge in [0.05, 0.1) is 11.3 Å². The molecule has 0 aliphatic carbocycles. The maximum atomic E-state index is 13.8. The molecule has 31 heavy (non-hydrogen) atoms. The van der Waals surface area contributed by atoms with Crippen LogP contribution in [0.4, 0.5) is 21.5 Å². The third-order valence-corrected chi connectivity index (χ3v) is 4.69. The largest absolute Gasteiger partial charge is 0.350 e. The molecule has 1 heterocycles. The normalized spacial score (nSPS) is 13.5. The highest BCUT2D eigenvalue weighted by Gasteiger charge is 2.40. The topological polar surface area (TPSA) is 78.5 Å². The zero-order valence-electron chi connectivity index (χ0n) is 16.6. The second-order valence-electron chi connectivity index (χ2n) is 6.93.